The van der Waals surface area contributed by atoms with Gasteiger partial charge in [0, 0.05) is 16.1 Å². The fourth-order valence-electron chi connectivity index (χ4n) is 1.53. The highest BCUT2D eigenvalue weighted by Crippen LogP contribution is 2.27. The molecule has 0 saturated heterocycles. The summed E-state index contributed by atoms with van der Waals surface area (Å²) in [6.45, 7) is 2.00. The van der Waals surface area contributed by atoms with Crippen LogP contribution in [0, 0.1) is 6.92 Å². The Morgan fingerprint density at radius 1 is 1.44 bits per heavy atom. The molecule has 82 valence electrons. The van der Waals surface area contributed by atoms with Crippen molar-refractivity contribution in [1.29, 1.82) is 0 Å². The second-order valence-electron chi connectivity index (χ2n) is 3.50. The summed E-state index contributed by atoms with van der Waals surface area (Å²) in [5, 5.41) is 0.919. The van der Waals surface area contributed by atoms with Crippen LogP contribution in [0.2, 0.25) is 0 Å². The van der Waals surface area contributed by atoms with E-state index in [0.717, 1.165) is 20.9 Å². The number of methoxy groups -OCH3 is 1. The minimum Gasteiger partial charge on any atom is -0.465 e. The number of aromatic nitrogens is 1. The summed E-state index contributed by atoms with van der Waals surface area (Å²) in [4.78, 5) is 15.7. The van der Waals surface area contributed by atoms with E-state index in [2.05, 4.69) is 25.7 Å². The van der Waals surface area contributed by atoms with E-state index in [9.17, 15) is 4.79 Å². The molecule has 0 aliphatic rings. The molecule has 16 heavy (non-hydrogen) atoms. The van der Waals surface area contributed by atoms with Gasteiger partial charge in [-0.05, 0) is 35.0 Å². The number of halogens is 1. The molecule has 0 spiro atoms. The first-order chi connectivity index (χ1) is 7.63. The highest BCUT2D eigenvalue weighted by molar-refractivity contribution is 9.10. The molecule has 2 aromatic rings. The summed E-state index contributed by atoms with van der Waals surface area (Å²) >= 11 is 3.42. The summed E-state index contributed by atoms with van der Waals surface area (Å²) in [5.41, 5.74) is 2.42. The van der Waals surface area contributed by atoms with Crippen LogP contribution in [0.5, 0.6) is 0 Å². The molecule has 0 amide bonds. The Hall–Kier alpha value is -1.42. The van der Waals surface area contributed by atoms with Gasteiger partial charge in [0.1, 0.15) is 0 Å². The van der Waals surface area contributed by atoms with Gasteiger partial charge in [-0.25, -0.2) is 4.79 Å². The number of nitrogens with zero attached hydrogens (tertiary/aromatic N) is 1. The standard InChI is InChI=1S/C12H10BrNO2/c1-7-3-4-10-8(5-7)11(13)9(6-14-10)12(15)16-2/h3-6H,1-2H3. The number of hydrogen-bond donors (Lipinski definition) is 0. The van der Waals surface area contributed by atoms with Crippen LogP contribution in [0.4, 0.5) is 0 Å². The lowest BCUT2D eigenvalue weighted by Crippen LogP contribution is -2.03. The molecule has 3 nitrogen and oxygen atoms in total. The van der Waals surface area contributed by atoms with Gasteiger partial charge in [-0.3, -0.25) is 4.98 Å². The molecule has 2 rings (SSSR count). The Morgan fingerprint density at radius 2 is 2.19 bits per heavy atom. The van der Waals surface area contributed by atoms with Crippen molar-refractivity contribution in [2.45, 2.75) is 6.92 Å². The molecule has 1 aromatic heterocycles. The van der Waals surface area contributed by atoms with Crippen LogP contribution < -0.4 is 0 Å². The predicted molar refractivity (Wildman–Crippen MR) is 65.5 cm³/mol. The highest BCUT2D eigenvalue weighted by Gasteiger charge is 2.13. The molecule has 0 atom stereocenters. The number of pyridine rings is 1. The zero-order valence-corrected chi connectivity index (χ0v) is 10.5. The first-order valence-electron chi connectivity index (χ1n) is 4.76. The van der Waals surface area contributed by atoms with Gasteiger partial charge in [0.2, 0.25) is 0 Å². The van der Waals surface area contributed by atoms with Crippen LogP contribution in [0.3, 0.4) is 0 Å². The van der Waals surface area contributed by atoms with Gasteiger partial charge in [-0.1, -0.05) is 11.6 Å². The van der Waals surface area contributed by atoms with Crippen LogP contribution in [0.25, 0.3) is 10.9 Å². The van der Waals surface area contributed by atoms with Gasteiger partial charge in [-0.2, -0.15) is 0 Å². The number of ether oxygens (including phenoxy) is 1. The number of rotatable bonds is 1. The van der Waals surface area contributed by atoms with E-state index < -0.39 is 0 Å². The zero-order chi connectivity index (χ0) is 11.7. The SMILES string of the molecule is COC(=O)c1cnc2ccc(C)cc2c1Br. The van der Waals surface area contributed by atoms with Gasteiger partial charge in [-0.15, -0.1) is 0 Å². The number of benzene rings is 1. The van der Waals surface area contributed by atoms with Gasteiger partial charge in [0.05, 0.1) is 18.2 Å². The first kappa shape index (κ1) is 11.1. The molecule has 0 aliphatic heterocycles. The molecule has 0 N–H and O–H groups in total. The van der Waals surface area contributed by atoms with Crippen molar-refractivity contribution in [3.63, 3.8) is 0 Å². The fraction of sp³-hybridized carbons (Fsp3) is 0.167. The Bertz CT molecular complexity index is 566. The number of carbonyl (C=O) groups is 1. The summed E-state index contributed by atoms with van der Waals surface area (Å²) in [6.07, 6.45) is 1.52. The Morgan fingerprint density at radius 3 is 2.88 bits per heavy atom. The van der Waals surface area contributed by atoms with E-state index in [0.29, 0.717) is 5.56 Å². The monoisotopic (exact) mass is 279 g/mol. The number of fused-ring (bicyclic) bond motifs is 1. The highest BCUT2D eigenvalue weighted by atomic mass is 79.9. The molecule has 0 aliphatic carbocycles. The number of aryl methyl sites for hydroxylation is 1. The first-order valence-corrected chi connectivity index (χ1v) is 5.56. The fourth-order valence-corrected chi connectivity index (χ4v) is 2.11. The molecule has 4 heteroatoms. The summed E-state index contributed by atoms with van der Waals surface area (Å²) in [5.74, 6) is -0.386. The van der Waals surface area contributed by atoms with Crippen molar-refractivity contribution in [3.8, 4) is 0 Å². The predicted octanol–water partition coefficient (Wildman–Crippen LogP) is 3.09. The minimum absolute atomic E-state index is 0.386. The number of carbonyl (C=O) groups excluding carboxylic acids is 1. The molecule has 0 fully saturated rings. The van der Waals surface area contributed by atoms with E-state index in [1.165, 1.54) is 13.3 Å². The van der Waals surface area contributed by atoms with E-state index in [4.69, 9.17) is 0 Å². The summed E-state index contributed by atoms with van der Waals surface area (Å²) < 4.78 is 5.42. The van der Waals surface area contributed by atoms with Crippen molar-refractivity contribution < 1.29 is 9.53 Å². The molecule has 0 unspecified atom stereocenters. The minimum atomic E-state index is -0.386. The van der Waals surface area contributed by atoms with E-state index in [1.54, 1.807) is 0 Å². The lowest BCUT2D eigenvalue weighted by molar-refractivity contribution is 0.0599. The molecular weight excluding hydrogens is 270 g/mol. The van der Waals surface area contributed by atoms with E-state index in [1.807, 2.05) is 25.1 Å². The lowest BCUT2D eigenvalue weighted by Gasteiger charge is -2.06. The van der Waals surface area contributed by atoms with Crippen molar-refractivity contribution >= 4 is 32.8 Å². The summed E-state index contributed by atoms with van der Waals surface area (Å²) in [6, 6.07) is 5.90. The molecule has 1 aromatic carbocycles. The normalized spacial score (nSPS) is 10.4. The molecule has 0 bridgehead atoms. The van der Waals surface area contributed by atoms with E-state index >= 15 is 0 Å². The van der Waals surface area contributed by atoms with Crippen LogP contribution >= 0.6 is 15.9 Å². The third kappa shape index (κ3) is 1.80. The van der Waals surface area contributed by atoms with E-state index in [-0.39, 0.29) is 5.97 Å². The molecule has 1 heterocycles. The number of esters is 1. The molecule has 0 radical (unpaired) electrons. The zero-order valence-electron chi connectivity index (χ0n) is 8.95. The second-order valence-corrected chi connectivity index (χ2v) is 4.29. The van der Waals surface area contributed by atoms with Crippen molar-refractivity contribution in [2.24, 2.45) is 0 Å². The maximum absolute atomic E-state index is 11.5. The van der Waals surface area contributed by atoms with Crippen molar-refractivity contribution in [1.82, 2.24) is 4.98 Å². The average Bonchev–Trinajstić information content (AvgIpc) is 2.29. The van der Waals surface area contributed by atoms with Gasteiger partial charge in [0.15, 0.2) is 0 Å². The van der Waals surface area contributed by atoms with Crippen LogP contribution in [0.15, 0.2) is 28.9 Å². The number of hydrogen-bond acceptors (Lipinski definition) is 3. The summed E-state index contributed by atoms with van der Waals surface area (Å²) in [7, 11) is 1.36. The Balaban J connectivity index is 2.72. The third-order valence-electron chi connectivity index (χ3n) is 2.36. The van der Waals surface area contributed by atoms with Crippen LogP contribution in [-0.4, -0.2) is 18.1 Å². The largest absolute Gasteiger partial charge is 0.465 e. The lowest BCUT2D eigenvalue weighted by atomic mass is 10.1. The van der Waals surface area contributed by atoms with Crippen molar-refractivity contribution in [3.05, 3.63) is 40.0 Å². The quantitative estimate of drug-likeness (QED) is 0.753. The second kappa shape index (κ2) is 4.22. The average molecular weight is 280 g/mol. The topological polar surface area (TPSA) is 39.2 Å². The third-order valence-corrected chi connectivity index (χ3v) is 3.22. The molecular formula is C12H10BrNO2. The maximum atomic E-state index is 11.5. The molecule has 0 saturated carbocycles. The van der Waals surface area contributed by atoms with Crippen LogP contribution in [0.1, 0.15) is 15.9 Å². The van der Waals surface area contributed by atoms with Gasteiger partial charge < -0.3 is 4.74 Å². The van der Waals surface area contributed by atoms with Crippen molar-refractivity contribution in [2.75, 3.05) is 7.11 Å². The Labute approximate surface area is 102 Å². The van der Waals surface area contributed by atoms with Gasteiger partial charge in [0.25, 0.3) is 0 Å². The van der Waals surface area contributed by atoms with Gasteiger partial charge >= 0.3 is 5.97 Å². The maximum Gasteiger partial charge on any atom is 0.340 e. The van der Waals surface area contributed by atoms with Crippen LogP contribution in [-0.2, 0) is 4.74 Å². The Kier molecular flexibility index (Phi) is 2.92. The smallest absolute Gasteiger partial charge is 0.340 e.